The third kappa shape index (κ3) is 7.29. The van der Waals surface area contributed by atoms with Crippen LogP contribution in [0.25, 0.3) is 0 Å². The Morgan fingerprint density at radius 3 is 2.47 bits per heavy atom. The Balaban J connectivity index is 2.44. The number of nitrogens with zero attached hydrogens (tertiary/aromatic N) is 1. The molecule has 0 aliphatic heterocycles. The van der Waals surface area contributed by atoms with Crippen LogP contribution in [0, 0.1) is 12.8 Å². The predicted molar refractivity (Wildman–Crippen MR) is 135 cm³/mol. The second kappa shape index (κ2) is 11.8. The molecule has 1 aromatic carbocycles. The summed E-state index contributed by atoms with van der Waals surface area (Å²) in [5.41, 5.74) is 0.239. The quantitative estimate of drug-likeness (QED) is 0.294. The van der Waals surface area contributed by atoms with Crippen molar-refractivity contribution in [1.29, 1.82) is 0 Å². The molecule has 4 atom stereocenters. The molecule has 4 unspecified atom stereocenters. The molecule has 0 saturated heterocycles. The third-order valence-corrected chi connectivity index (χ3v) is 6.14. The second-order valence-corrected chi connectivity index (χ2v) is 10.3. The van der Waals surface area contributed by atoms with Crippen LogP contribution < -0.4 is 10.6 Å². The molecule has 0 spiro atoms. The zero-order valence-electron chi connectivity index (χ0n) is 21.1. The number of phenols is 1. The fourth-order valence-electron chi connectivity index (χ4n) is 3.79. The fourth-order valence-corrected chi connectivity index (χ4v) is 4.04. The summed E-state index contributed by atoms with van der Waals surface area (Å²) in [6.07, 6.45) is 1.70. The Morgan fingerprint density at radius 2 is 1.94 bits per heavy atom. The van der Waals surface area contributed by atoms with Crippen molar-refractivity contribution in [2.45, 2.75) is 84.5 Å². The monoisotopic (exact) mass is 493 g/mol. The first kappa shape index (κ1) is 27.8. The van der Waals surface area contributed by atoms with Gasteiger partial charge in [-0.25, -0.2) is 4.79 Å². The number of carbonyl (C=O) groups excluding carboxylic acids is 3. The Hall–Kier alpha value is -2.42. The molecule has 0 aromatic heterocycles. The highest BCUT2D eigenvalue weighted by molar-refractivity contribution is 7.80. The summed E-state index contributed by atoms with van der Waals surface area (Å²) in [6.45, 7) is 11.4. The predicted octanol–water partition coefficient (Wildman–Crippen LogP) is 3.72. The van der Waals surface area contributed by atoms with E-state index < -0.39 is 29.7 Å². The maximum atomic E-state index is 13.8. The average molecular weight is 494 g/mol. The minimum absolute atomic E-state index is 0.0215. The number of benzene rings is 1. The zero-order valence-corrected chi connectivity index (χ0v) is 21.9. The summed E-state index contributed by atoms with van der Waals surface area (Å²) < 4.78 is 5.32. The number of carbonyl (C=O) groups is 3. The number of rotatable bonds is 10. The van der Waals surface area contributed by atoms with Crippen molar-refractivity contribution in [3.05, 3.63) is 29.3 Å². The van der Waals surface area contributed by atoms with Crippen molar-refractivity contribution in [3.8, 4) is 5.75 Å². The van der Waals surface area contributed by atoms with Crippen LogP contribution in [0.15, 0.2) is 18.2 Å². The van der Waals surface area contributed by atoms with Crippen molar-refractivity contribution < 1.29 is 24.2 Å². The van der Waals surface area contributed by atoms with Gasteiger partial charge in [0, 0.05) is 23.9 Å². The maximum absolute atomic E-state index is 13.8. The lowest BCUT2D eigenvalue weighted by Gasteiger charge is -2.35. The number of thiol groups is 1. The van der Waals surface area contributed by atoms with E-state index in [1.165, 1.54) is 4.90 Å². The summed E-state index contributed by atoms with van der Waals surface area (Å²) in [7, 11) is 0. The number of ether oxygens (including phenoxy) is 1. The fraction of sp³-hybridized carbons (Fsp3) is 0.640. The minimum Gasteiger partial charge on any atom is -0.507 e. The first-order valence-corrected chi connectivity index (χ1v) is 12.5. The molecule has 3 N–H and O–H groups in total. The number of aryl methyl sites for hydroxylation is 1. The molecular weight excluding hydrogens is 454 g/mol. The number of alkyl carbamates (subject to hydrolysis) is 1. The van der Waals surface area contributed by atoms with Crippen LogP contribution in [0.1, 0.15) is 71.0 Å². The van der Waals surface area contributed by atoms with Crippen LogP contribution in [-0.2, 0) is 14.3 Å². The highest BCUT2D eigenvalue weighted by Gasteiger charge is 2.48. The van der Waals surface area contributed by atoms with E-state index in [2.05, 4.69) is 23.3 Å². The van der Waals surface area contributed by atoms with Gasteiger partial charge < -0.3 is 25.4 Å². The summed E-state index contributed by atoms with van der Waals surface area (Å²) >= 11 is 4.29. The molecule has 1 aliphatic carbocycles. The largest absolute Gasteiger partial charge is 0.507 e. The Bertz CT molecular complexity index is 886. The zero-order chi connectivity index (χ0) is 25.6. The van der Waals surface area contributed by atoms with E-state index >= 15 is 0 Å². The van der Waals surface area contributed by atoms with E-state index in [9.17, 15) is 19.5 Å². The third-order valence-electron chi connectivity index (χ3n) is 5.77. The highest BCUT2D eigenvalue weighted by Crippen LogP contribution is 2.42. The van der Waals surface area contributed by atoms with Crippen LogP contribution in [0.2, 0.25) is 0 Å². The number of phenolic OH excluding ortho intramolecular Hbond substituents is 1. The van der Waals surface area contributed by atoms with Gasteiger partial charge in [0.15, 0.2) is 0 Å². The van der Waals surface area contributed by atoms with Gasteiger partial charge in [-0.2, -0.15) is 12.6 Å². The summed E-state index contributed by atoms with van der Waals surface area (Å²) in [5, 5.41) is 16.4. The molecule has 1 aliphatic rings. The van der Waals surface area contributed by atoms with E-state index in [1.807, 2.05) is 13.8 Å². The molecule has 1 saturated carbocycles. The number of unbranched alkanes of at least 4 members (excludes halogenated alkanes) is 1. The molecular formula is C25H39N3O5S. The molecule has 0 bridgehead atoms. The molecule has 1 aromatic rings. The number of aromatic hydroxyl groups is 1. The van der Waals surface area contributed by atoms with E-state index in [1.54, 1.807) is 45.9 Å². The molecule has 8 nitrogen and oxygen atoms in total. The van der Waals surface area contributed by atoms with Gasteiger partial charge in [-0.15, -0.1) is 0 Å². The van der Waals surface area contributed by atoms with E-state index in [0.29, 0.717) is 17.7 Å². The number of para-hydroxylation sites is 1. The highest BCUT2D eigenvalue weighted by atomic mass is 32.1. The van der Waals surface area contributed by atoms with Gasteiger partial charge >= 0.3 is 6.09 Å². The van der Waals surface area contributed by atoms with Gasteiger partial charge in [0.05, 0.1) is 0 Å². The smallest absolute Gasteiger partial charge is 0.408 e. The molecule has 190 valence electrons. The first-order chi connectivity index (χ1) is 15.9. The lowest BCUT2D eigenvalue weighted by Crippen LogP contribution is -2.54. The SMILES string of the molecule is CCCCNC(=O)C(c1cccc(C)c1O)N(C(=O)C(CS)NC(=O)OC(C)(C)C)C1CC1C. The van der Waals surface area contributed by atoms with Gasteiger partial charge in [0.1, 0.15) is 23.4 Å². The summed E-state index contributed by atoms with van der Waals surface area (Å²) in [4.78, 5) is 41.1. The summed E-state index contributed by atoms with van der Waals surface area (Å²) in [5.74, 6) is -0.612. The van der Waals surface area contributed by atoms with Crippen molar-refractivity contribution >= 4 is 30.5 Å². The van der Waals surface area contributed by atoms with E-state index in [0.717, 1.165) is 19.3 Å². The maximum Gasteiger partial charge on any atom is 0.408 e. The Kier molecular flexibility index (Phi) is 9.67. The van der Waals surface area contributed by atoms with Gasteiger partial charge in [0.2, 0.25) is 11.8 Å². The molecule has 0 radical (unpaired) electrons. The Labute approximate surface area is 208 Å². The molecule has 9 heteroatoms. The van der Waals surface area contributed by atoms with Crippen molar-refractivity contribution in [2.75, 3.05) is 12.3 Å². The van der Waals surface area contributed by atoms with E-state index in [4.69, 9.17) is 4.74 Å². The van der Waals surface area contributed by atoms with Crippen molar-refractivity contribution in [1.82, 2.24) is 15.5 Å². The number of hydrogen-bond acceptors (Lipinski definition) is 6. The van der Waals surface area contributed by atoms with Crippen LogP contribution >= 0.6 is 12.6 Å². The molecule has 2 rings (SSSR count). The normalized spacial score (nSPS) is 19.0. The van der Waals surface area contributed by atoms with Crippen LogP contribution in [0.5, 0.6) is 5.75 Å². The van der Waals surface area contributed by atoms with Gasteiger partial charge in [0.25, 0.3) is 0 Å². The van der Waals surface area contributed by atoms with Crippen LogP contribution in [-0.4, -0.2) is 57.9 Å². The van der Waals surface area contributed by atoms with E-state index in [-0.39, 0.29) is 29.4 Å². The number of hydrogen-bond donors (Lipinski definition) is 4. The topological polar surface area (TPSA) is 108 Å². The Morgan fingerprint density at radius 1 is 1.29 bits per heavy atom. The summed E-state index contributed by atoms with van der Waals surface area (Å²) in [6, 6.07) is 2.93. The number of nitrogens with one attached hydrogen (secondary N) is 2. The standard InChI is InChI=1S/C25H39N3O5S/c1-7-8-12-26-22(30)20(17-11-9-10-15(2)21(17)29)28(19-13-16(19)3)23(31)18(14-34)27-24(32)33-25(4,5)6/h9-11,16,18-20,29,34H,7-8,12-14H2,1-6H3,(H,26,30)(H,27,32). The van der Waals surface area contributed by atoms with Gasteiger partial charge in [-0.05, 0) is 52.0 Å². The first-order valence-electron chi connectivity index (χ1n) is 11.9. The van der Waals surface area contributed by atoms with Crippen molar-refractivity contribution in [2.24, 2.45) is 5.92 Å². The van der Waals surface area contributed by atoms with Gasteiger partial charge in [-0.1, -0.05) is 38.5 Å². The molecule has 3 amide bonds. The molecule has 0 heterocycles. The lowest BCUT2D eigenvalue weighted by atomic mass is 9.99. The van der Waals surface area contributed by atoms with Crippen molar-refractivity contribution in [3.63, 3.8) is 0 Å². The van der Waals surface area contributed by atoms with Gasteiger partial charge in [-0.3, -0.25) is 9.59 Å². The van der Waals surface area contributed by atoms with Crippen LogP contribution in [0.4, 0.5) is 4.79 Å². The lowest BCUT2D eigenvalue weighted by molar-refractivity contribution is -0.143. The van der Waals surface area contributed by atoms with Crippen LogP contribution in [0.3, 0.4) is 0 Å². The number of amides is 3. The average Bonchev–Trinajstić information content (AvgIpc) is 3.46. The second-order valence-electron chi connectivity index (χ2n) is 9.97. The molecule has 1 fully saturated rings. The minimum atomic E-state index is -1.04. The molecule has 34 heavy (non-hydrogen) atoms.